The molecule has 0 saturated heterocycles. The Labute approximate surface area is 207 Å². The summed E-state index contributed by atoms with van der Waals surface area (Å²) in [5.74, 6) is -7.55. The lowest BCUT2D eigenvalue weighted by atomic mass is 9.57. The zero-order valence-corrected chi connectivity index (χ0v) is 20.6. The van der Waals surface area contributed by atoms with Crippen LogP contribution in [0.1, 0.15) is 53.7 Å². The van der Waals surface area contributed by atoms with Crippen molar-refractivity contribution in [2.45, 2.75) is 51.2 Å². The number of aliphatic hydroxyl groups is 3. The minimum Gasteiger partial charge on any atom is -0.508 e. The smallest absolute Gasteiger partial charge is 0.255 e. The van der Waals surface area contributed by atoms with Gasteiger partial charge in [-0.05, 0) is 63.4 Å². The highest BCUT2D eigenvalue weighted by Crippen LogP contribution is 2.53. The van der Waals surface area contributed by atoms with Crippen LogP contribution in [0.4, 0.5) is 0 Å². The quantitative estimate of drug-likeness (QED) is 0.294. The first-order valence-corrected chi connectivity index (χ1v) is 11.8. The molecule has 1 aromatic rings. The molecule has 1 fully saturated rings. The van der Waals surface area contributed by atoms with Gasteiger partial charge in [-0.2, -0.15) is 0 Å². The van der Waals surface area contributed by atoms with Crippen molar-refractivity contribution in [2.75, 3.05) is 14.1 Å². The molecule has 0 heterocycles. The van der Waals surface area contributed by atoms with E-state index in [2.05, 4.69) is 0 Å². The van der Waals surface area contributed by atoms with Gasteiger partial charge < -0.3 is 26.2 Å². The number of Topliss-reactive ketones (excluding diaryl/α,β-unsaturated/α-hetero) is 3. The summed E-state index contributed by atoms with van der Waals surface area (Å²) in [6.07, 6.45) is 1.51. The number of hydrogen-bond acceptors (Lipinski definition) is 9. The van der Waals surface area contributed by atoms with E-state index in [4.69, 9.17) is 5.73 Å². The van der Waals surface area contributed by atoms with Gasteiger partial charge in [0.2, 0.25) is 5.78 Å². The molecule has 10 heteroatoms. The number of phenolic OH excluding ortho intramolecular Hbond substituents is 1. The molecule has 36 heavy (non-hydrogen) atoms. The van der Waals surface area contributed by atoms with Gasteiger partial charge in [0, 0.05) is 11.5 Å². The molecule has 0 aromatic heterocycles. The molecule has 0 unspecified atom stereocenters. The molecule has 4 rings (SSSR count). The third-order valence-corrected chi connectivity index (χ3v) is 7.71. The molecule has 10 nitrogen and oxygen atoms in total. The number of carbonyl (C=O) groups excluding carboxylic acids is 4. The molecular weight excluding hydrogens is 468 g/mol. The minimum atomic E-state index is -2.69. The van der Waals surface area contributed by atoms with E-state index < -0.39 is 69.6 Å². The summed E-state index contributed by atoms with van der Waals surface area (Å²) in [5.41, 5.74) is 2.82. The molecule has 6 N–H and O–H groups in total. The van der Waals surface area contributed by atoms with Crippen molar-refractivity contribution < 1.29 is 39.6 Å². The number of nitrogens with zero attached hydrogens (tertiary/aromatic N) is 1. The fraction of sp³-hybridized carbons (Fsp3) is 0.462. The number of primary amides is 1. The van der Waals surface area contributed by atoms with Crippen molar-refractivity contribution in [3.05, 3.63) is 45.2 Å². The lowest BCUT2D eigenvalue weighted by Crippen LogP contribution is -2.65. The average Bonchev–Trinajstić information content (AvgIpc) is 2.77. The van der Waals surface area contributed by atoms with Crippen LogP contribution in [-0.2, 0) is 27.2 Å². The molecule has 0 bridgehead atoms. The number of fused-ring (bicyclic) bond motifs is 3. The van der Waals surface area contributed by atoms with Crippen LogP contribution in [0.2, 0.25) is 0 Å². The van der Waals surface area contributed by atoms with Crippen molar-refractivity contribution in [1.29, 1.82) is 0 Å². The Hall–Kier alpha value is -3.50. The number of carbonyl (C=O) groups is 4. The Morgan fingerprint density at radius 2 is 1.83 bits per heavy atom. The maximum atomic E-state index is 13.8. The zero-order valence-electron chi connectivity index (χ0n) is 20.6. The van der Waals surface area contributed by atoms with Gasteiger partial charge >= 0.3 is 0 Å². The molecule has 1 saturated carbocycles. The number of likely N-dealkylation sites (N-methyl/N-ethyl adjacent to an activating group) is 1. The van der Waals surface area contributed by atoms with Crippen LogP contribution in [0.3, 0.4) is 0 Å². The Bertz CT molecular complexity index is 1290. The molecule has 3 aliphatic rings. The number of benzene rings is 1. The van der Waals surface area contributed by atoms with Crippen molar-refractivity contribution in [2.24, 2.45) is 17.6 Å². The van der Waals surface area contributed by atoms with Crippen molar-refractivity contribution in [3.8, 4) is 5.75 Å². The fourth-order valence-electron chi connectivity index (χ4n) is 6.15. The monoisotopic (exact) mass is 498 g/mol. The van der Waals surface area contributed by atoms with Crippen LogP contribution in [0.5, 0.6) is 5.75 Å². The number of nitrogens with two attached hydrogens (primary N) is 1. The molecule has 3 aliphatic carbocycles. The first-order chi connectivity index (χ1) is 16.8. The number of aliphatic hydroxyl groups excluding tert-OH is 2. The molecule has 0 spiro atoms. The summed E-state index contributed by atoms with van der Waals surface area (Å²) < 4.78 is 0. The second-order valence-corrected chi connectivity index (χ2v) is 10.1. The Balaban J connectivity index is 2.01. The number of rotatable bonds is 5. The van der Waals surface area contributed by atoms with E-state index in [9.17, 15) is 39.6 Å². The van der Waals surface area contributed by atoms with Crippen molar-refractivity contribution in [1.82, 2.24) is 4.90 Å². The van der Waals surface area contributed by atoms with E-state index in [1.807, 2.05) is 6.92 Å². The van der Waals surface area contributed by atoms with E-state index in [1.165, 1.54) is 11.8 Å². The fourth-order valence-corrected chi connectivity index (χ4v) is 6.15. The SMILES string of the molecule is CCCc1cc(C(C)=O)c(O)c2c1C[C@H]1C[C@H]3[C@H](N(C)C)C(=O)C(C(N)=O)=C(O)[C@@]3(O)C(=O)C1=C2O. The van der Waals surface area contributed by atoms with Crippen LogP contribution < -0.4 is 5.73 Å². The van der Waals surface area contributed by atoms with E-state index in [1.54, 1.807) is 20.2 Å². The van der Waals surface area contributed by atoms with Crippen molar-refractivity contribution in [3.63, 3.8) is 0 Å². The summed E-state index contributed by atoms with van der Waals surface area (Å²) in [5, 5.41) is 44.7. The van der Waals surface area contributed by atoms with Gasteiger partial charge in [-0.25, -0.2) is 0 Å². The van der Waals surface area contributed by atoms with E-state index in [-0.39, 0.29) is 29.5 Å². The van der Waals surface area contributed by atoms with Crippen LogP contribution >= 0.6 is 0 Å². The van der Waals surface area contributed by atoms with Gasteiger partial charge in [0.05, 0.1) is 17.2 Å². The molecule has 192 valence electrons. The van der Waals surface area contributed by atoms with Gasteiger partial charge in [-0.15, -0.1) is 0 Å². The first-order valence-electron chi connectivity index (χ1n) is 11.8. The number of aryl methyl sites for hydroxylation is 1. The third-order valence-electron chi connectivity index (χ3n) is 7.71. The predicted molar refractivity (Wildman–Crippen MR) is 128 cm³/mol. The van der Waals surface area contributed by atoms with E-state index in [0.717, 1.165) is 12.0 Å². The largest absolute Gasteiger partial charge is 0.508 e. The number of phenols is 1. The number of hydrogen-bond donors (Lipinski definition) is 5. The van der Waals surface area contributed by atoms with Gasteiger partial charge in [0.25, 0.3) is 5.91 Å². The standard InChI is InChI=1S/C26H30N2O8/c1-5-6-11-7-13(10(2)29)20(30)17-14(11)8-12-9-15-19(28(3)4)22(32)18(25(27)35)24(34)26(15,36)23(33)16(12)21(17)31/h7,12,15,19,30-31,34,36H,5-6,8-9H2,1-4H3,(H2,27,35)/t12-,15-,19-,26-/m0/s1. The molecule has 0 radical (unpaired) electrons. The second kappa shape index (κ2) is 8.56. The normalized spacial score (nSPS) is 27.7. The van der Waals surface area contributed by atoms with E-state index >= 15 is 0 Å². The number of ketones is 3. The summed E-state index contributed by atoms with van der Waals surface area (Å²) in [7, 11) is 3.10. The van der Waals surface area contributed by atoms with Crippen LogP contribution in [0.25, 0.3) is 5.76 Å². The highest BCUT2D eigenvalue weighted by Gasteiger charge is 2.64. The molecule has 1 aromatic carbocycles. The highest BCUT2D eigenvalue weighted by atomic mass is 16.3. The number of amides is 1. The maximum absolute atomic E-state index is 13.8. The number of aromatic hydroxyl groups is 1. The lowest BCUT2D eigenvalue weighted by molar-refractivity contribution is -0.153. The van der Waals surface area contributed by atoms with E-state index in [0.29, 0.717) is 12.0 Å². The predicted octanol–water partition coefficient (Wildman–Crippen LogP) is 1.12. The minimum absolute atomic E-state index is 0.00246. The van der Waals surface area contributed by atoms with Crippen LogP contribution in [0.15, 0.2) is 23.0 Å². The Morgan fingerprint density at radius 1 is 1.19 bits per heavy atom. The van der Waals surface area contributed by atoms with Crippen molar-refractivity contribution >= 4 is 29.0 Å². The lowest BCUT2D eigenvalue weighted by Gasteiger charge is -2.50. The highest BCUT2D eigenvalue weighted by molar-refractivity contribution is 6.24. The summed E-state index contributed by atoms with van der Waals surface area (Å²) in [6.45, 7) is 3.22. The third kappa shape index (κ3) is 3.31. The van der Waals surface area contributed by atoms with Gasteiger partial charge in [0.15, 0.2) is 17.2 Å². The topological polar surface area (TPSA) is 178 Å². The summed E-state index contributed by atoms with van der Waals surface area (Å²) >= 11 is 0. The van der Waals surface area contributed by atoms with Crippen LogP contribution in [-0.4, -0.2) is 74.3 Å². The molecule has 0 aliphatic heterocycles. The van der Waals surface area contributed by atoms with Gasteiger partial charge in [0.1, 0.15) is 22.8 Å². The van der Waals surface area contributed by atoms with Gasteiger partial charge in [-0.3, -0.25) is 24.1 Å². The maximum Gasteiger partial charge on any atom is 0.255 e. The zero-order chi connectivity index (χ0) is 26.9. The second-order valence-electron chi connectivity index (χ2n) is 10.1. The summed E-state index contributed by atoms with van der Waals surface area (Å²) in [4.78, 5) is 52.6. The summed E-state index contributed by atoms with van der Waals surface area (Å²) in [6, 6.07) is 0.464. The first kappa shape index (κ1) is 25.6. The molecule has 4 atom stereocenters. The molecular formula is C26H30N2O8. The average molecular weight is 499 g/mol. The van der Waals surface area contributed by atoms with Gasteiger partial charge in [-0.1, -0.05) is 13.3 Å². The van der Waals surface area contributed by atoms with Crippen LogP contribution in [0, 0.1) is 11.8 Å². The Kier molecular flexibility index (Phi) is 6.09. The molecule has 1 amide bonds. The Morgan fingerprint density at radius 3 is 2.36 bits per heavy atom.